The van der Waals surface area contributed by atoms with Crippen LogP contribution in [0.2, 0.25) is 0 Å². The fraction of sp³-hybridized carbons (Fsp3) is 0.278. The molecular formula is C18H20N2O8S. The predicted octanol–water partition coefficient (Wildman–Crippen LogP) is 2.06. The molecule has 0 heterocycles. The first-order chi connectivity index (χ1) is 13.5. The number of nitro benzene ring substituents is 1. The quantitative estimate of drug-likeness (QED) is 0.408. The van der Waals surface area contributed by atoms with Gasteiger partial charge in [-0.15, -0.1) is 0 Å². The molecule has 0 aliphatic carbocycles. The molecule has 0 spiro atoms. The summed E-state index contributed by atoms with van der Waals surface area (Å²) >= 11 is 0. The van der Waals surface area contributed by atoms with E-state index in [1.807, 2.05) is 0 Å². The lowest BCUT2D eigenvalue weighted by molar-refractivity contribution is -0.387. The highest BCUT2D eigenvalue weighted by Crippen LogP contribution is 2.30. The van der Waals surface area contributed by atoms with Crippen molar-refractivity contribution in [1.29, 1.82) is 0 Å². The third-order valence-corrected chi connectivity index (χ3v) is 6.02. The average molecular weight is 424 g/mol. The second kappa shape index (κ2) is 8.45. The van der Waals surface area contributed by atoms with Gasteiger partial charge in [-0.2, -0.15) is 4.72 Å². The van der Waals surface area contributed by atoms with Crippen LogP contribution in [0, 0.1) is 10.1 Å². The summed E-state index contributed by atoms with van der Waals surface area (Å²) in [5.74, 6) is -1.38. The molecule has 10 nitrogen and oxygen atoms in total. The number of phenols is 1. The predicted molar refractivity (Wildman–Crippen MR) is 102 cm³/mol. The number of carboxylic acids is 1. The number of nitrogens with zero attached hydrogens (tertiary/aromatic N) is 1. The number of benzene rings is 2. The summed E-state index contributed by atoms with van der Waals surface area (Å²) < 4.78 is 32.9. The minimum absolute atomic E-state index is 0.0272. The van der Waals surface area contributed by atoms with Crippen LogP contribution in [0.1, 0.15) is 18.9 Å². The van der Waals surface area contributed by atoms with Crippen molar-refractivity contribution >= 4 is 21.7 Å². The molecule has 0 fully saturated rings. The highest BCUT2D eigenvalue weighted by atomic mass is 32.2. The Bertz CT molecular complexity index is 1020. The Morgan fingerprint density at radius 2 is 1.86 bits per heavy atom. The van der Waals surface area contributed by atoms with Crippen molar-refractivity contribution in [3.8, 4) is 11.5 Å². The van der Waals surface area contributed by atoms with E-state index in [1.165, 1.54) is 44.4 Å². The summed E-state index contributed by atoms with van der Waals surface area (Å²) in [4.78, 5) is 21.8. The van der Waals surface area contributed by atoms with Crippen LogP contribution in [0.3, 0.4) is 0 Å². The van der Waals surface area contributed by atoms with Gasteiger partial charge in [0, 0.05) is 6.42 Å². The lowest BCUT2D eigenvalue weighted by Gasteiger charge is -2.29. The molecule has 0 aliphatic rings. The van der Waals surface area contributed by atoms with E-state index < -0.39 is 37.0 Å². The van der Waals surface area contributed by atoms with E-state index in [4.69, 9.17) is 4.74 Å². The zero-order chi connectivity index (χ0) is 21.8. The van der Waals surface area contributed by atoms with Crippen LogP contribution in [-0.2, 0) is 21.2 Å². The molecule has 2 aromatic carbocycles. The molecular weight excluding hydrogens is 404 g/mol. The molecule has 0 saturated carbocycles. The van der Waals surface area contributed by atoms with Crippen molar-refractivity contribution in [3.05, 3.63) is 58.1 Å². The average Bonchev–Trinajstić information content (AvgIpc) is 2.68. The second-order valence-electron chi connectivity index (χ2n) is 6.28. The Labute approximate surface area is 167 Å². The second-order valence-corrected chi connectivity index (χ2v) is 7.93. The van der Waals surface area contributed by atoms with Crippen LogP contribution in [0.25, 0.3) is 0 Å². The largest absolute Gasteiger partial charge is 0.508 e. The first-order valence-corrected chi connectivity index (χ1v) is 9.90. The number of hydrogen-bond donors (Lipinski definition) is 3. The molecule has 0 saturated heterocycles. The van der Waals surface area contributed by atoms with Gasteiger partial charge in [-0.25, -0.2) is 8.42 Å². The molecule has 0 radical (unpaired) electrons. The number of sulfonamides is 1. The molecule has 3 N–H and O–H groups in total. The van der Waals surface area contributed by atoms with Gasteiger partial charge in [0.05, 0.1) is 18.1 Å². The van der Waals surface area contributed by atoms with E-state index in [1.54, 1.807) is 0 Å². The van der Waals surface area contributed by atoms with Gasteiger partial charge in [0.25, 0.3) is 5.69 Å². The Morgan fingerprint density at radius 1 is 1.24 bits per heavy atom. The van der Waals surface area contributed by atoms with Gasteiger partial charge < -0.3 is 14.9 Å². The Balaban J connectivity index is 2.51. The molecule has 11 heteroatoms. The molecule has 0 bridgehead atoms. The molecule has 0 aliphatic heterocycles. The lowest BCUT2D eigenvalue weighted by atomic mass is 9.89. The summed E-state index contributed by atoms with van der Waals surface area (Å²) in [7, 11) is -3.31. The topological polar surface area (TPSA) is 156 Å². The van der Waals surface area contributed by atoms with Crippen LogP contribution in [0.15, 0.2) is 47.4 Å². The number of aliphatic carboxylic acids is 1. The Hall–Kier alpha value is -3.18. The normalized spacial score (nSPS) is 13.4. The number of methoxy groups -OCH3 is 1. The molecule has 1 atom stereocenters. The van der Waals surface area contributed by atoms with Crippen LogP contribution < -0.4 is 9.46 Å². The van der Waals surface area contributed by atoms with Crippen LogP contribution in [-0.4, -0.2) is 42.2 Å². The van der Waals surface area contributed by atoms with Gasteiger partial charge in [0.15, 0.2) is 4.90 Å². The first-order valence-electron chi connectivity index (χ1n) is 8.42. The van der Waals surface area contributed by atoms with Gasteiger partial charge >= 0.3 is 5.97 Å². The van der Waals surface area contributed by atoms with E-state index in [0.717, 1.165) is 12.1 Å². The van der Waals surface area contributed by atoms with Crippen LogP contribution in [0.4, 0.5) is 5.69 Å². The summed E-state index contributed by atoms with van der Waals surface area (Å²) in [6.07, 6.45) is -0.366. The van der Waals surface area contributed by atoms with E-state index >= 15 is 0 Å². The molecule has 29 heavy (non-hydrogen) atoms. The third kappa shape index (κ3) is 4.81. The van der Waals surface area contributed by atoms with Crippen molar-refractivity contribution in [1.82, 2.24) is 4.72 Å². The van der Waals surface area contributed by atoms with Crippen molar-refractivity contribution in [3.63, 3.8) is 0 Å². The number of aromatic hydroxyl groups is 1. The summed E-state index contributed by atoms with van der Waals surface area (Å²) in [6.45, 7) is 1.49. The summed E-state index contributed by atoms with van der Waals surface area (Å²) in [6, 6.07) is 8.79. The fourth-order valence-corrected chi connectivity index (χ4v) is 4.36. The molecule has 1 unspecified atom stereocenters. The van der Waals surface area contributed by atoms with Crippen molar-refractivity contribution in [2.75, 3.05) is 7.11 Å². The van der Waals surface area contributed by atoms with Crippen molar-refractivity contribution in [2.24, 2.45) is 0 Å². The van der Waals surface area contributed by atoms with E-state index in [-0.39, 0.29) is 24.3 Å². The SMILES string of the molecule is CCC(Cc1ccc(O)cc1)(NS(=O)(=O)c1ccc(OC)cc1[N+](=O)[O-])C(=O)O. The van der Waals surface area contributed by atoms with Gasteiger partial charge in [-0.05, 0) is 36.2 Å². The zero-order valence-corrected chi connectivity index (χ0v) is 16.5. The number of carbonyl (C=O) groups is 1. The molecule has 156 valence electrons. The lowest BCUT2D eigenvalue weighted by Crippen LogP contribution is -2.55. The third-order valence-electron chi connectivity index (χ3n) is 4.44. The minimum atomic E-state index is -4.58. The number of rotatable bonds is 9. The number of carboxylic acid groups (broad SMARTS) is 1. The van der Waals surface area contributed by atoms with Gasteiger partial charge in [-0.3, -0.25) is 14.9 Å². The van der Waals surface area contributed by atoms with Crippen LogP contribution >= 0.6 is 0 Å². The van der Waals surface area contributed by atoms with Crippen molar-refractivity contribution < 1.29 is 33.1 Å². The number of nitro groups is 1. The Morgan fingerprint density at radius 3 is 2.34 bits per heavy atom. The number of hydrogen-bond acceptors (Lipinski definition) is 7. The minimum Gasteiger partial charge on any atom is -0.508 e. The maximum Gasteiger partial charge on any atom is 0.325 e. The maximum absolute atomic E-state index is 12.9. The molecule has 0 aromatic heterocycles. The molecule has 2 aromatic rings. The first kappa shape index (κ1) is 22.1. The highest BCUT2D eigenvalue weighted by molar-refractivity contribution is 7.89. The van der Waals surface area contributed by atoms with E-state index in [0.29, 0.717) is 5.56 Å². The van der Waals surface area contributed by atoms with Crippen LogP contribution in [0.5, 0.6) is 11.5 Å². The standard InChI is InChI=1S/C18H20N2O8S/c1-3-18(17(22)23,11-12-4-6-13(21)7-5-12)19-29(26,27)16-9-8-14(28-2)10-15(16)20(24)25/h4-10,19,21H,3,11H2,1-2H3,(H,22,23). The van der Waals surface area contributed by atoms with E-state index in [2.05, 4.69) is 4.72 Å². The molecule has 0 amide bonds. The molecule has 2 rings (SSSR count). The van der Waals surface area contributed by atoms with Gasteiger partial charge in [-0.1, -0.05) is 19.1 Å². The smallest absolute Gasteiger partial charge is 0.325 e. The number of phenolic OH excluding ortho intramolecular Hbond substituents is 1. The number of nitrogens with one attached hydrogen (secondary N) is 1. The monoisotopic (exact) mass is 424 g/mol. The Kier molecular flexibility index (Phi) is 6.44. The fourth-order valence-electron chi connectivity index (χ4n) is 2.77. The van der Waals surface area contributed by atoms with Crippen molar-refractivity contribution in [2.45, 2.75) is 30.2 Å². The summed E-state index contributed by atoms with van der Waals surface area (Å²) in [5, 5.41) is 30.5. The summed E-state index contributed by atoms with van der Waals surface area (Å²) in [5.41, 5.74) is -2.24. The zero-order valence-electron chi connectivity index (χ0n) is 15.7. The highest BCUT2D eigenvalue weighted by Gasteiger charge is 2.42. The maximum atomic E-state index is 12.9. The number of ether oxygens (including phenoxy) is 1. The van der Waals surface area contributed by atoms with Gasteiger partial charge in [0.2, 0.25) is 10.0 Å². The van der Waals surface area contributed by atoms with Gasteiger partial charge in [0.1, 0.15) is 17.0 Å². The van der Waals surface area contributed by atoms with E-state index in [9.17, 15) is 33.5 Å².